The van der Waals surface area contributed by atoms with Gasteiger partial charge in [0, 0.05) is 37.4 Å². The summed E-state index contributed by atoms with van der Waals surface area (Å²) in [5, 5.41) is 9.75. The Labute approximate surface area is 116 Å². The second-order valence-electron chi connectivity index (χ2n) is 5.11. The van der Waals surface area contributed by atoms with E-state index in [0.717, 1.165) is 11.3 Å². The van der Waals surface area contributed by atoms with Gasteiger partial charge in [-0.1, -0.05) is 18.2 Å². The topological polar surface area (TPSA) is 26.7 Å². The quantitative estimate of drug-likeness (QED) is 0.925. The predicted molar refractivity (Wildman–Crippen MR) is 71.8 cm³/mol. The van der Waals surface area contributed by atoms with E-state index in [0.29, 0.717) is 26.2 Å². The van der Waals surface area contributed by atoms with Crippen LogP contribution in [0.2, 0.25) is 0 Å². The lowest BCUT2D eigenvalue weighted by atomic mass is 10.1. The third kappa shape index (κ3) is 3.86. The largest absolute Gasteiger partial charge is 0.401 e. The van der Waals surface area contributed by atoms with E-state index in [2.05, 4.69) is 0 Å². The van der Waals surface area contributed by atoms with Gasteiger partial charge in [0.2, 0.25) is 0 Å². The minimum absolute atomic E-state index is 0.383. The molecule has 1 aromatic carbocycles. The van der Waals surface area contributed by atoms with Crippen LogP contribution in [-0.2, 0) is 0 Å². The van der Waals surface area contributed by atoms with Gasteiger partial charge in [-0.15, -0.1) is 0 Å². The summed E-state index contributed by atoms with van der Waals surface area (Å²) in [6.45, 7) is 2.69. The summed E-state index contributed by atoms with van der Waals surface area (Å²) < 4.78 is 37.0. The number of anilines is 1. The van der Waals surface area contributed by atoms with Crippen LogP contribution in [0.15, 0.2) is 24.3 Å². The lowest BCUT2D eigenvalue weighted by Gasteiger charge is -2.37. The first-order valence-corrected chi connectivity index (χ1v) is 6.68. The van der Waals surface area contributed by atoms with E-state index in [4.69, 9.17) is 0 Å². The first-order valence-electron chi connectivity index (χ1n) is 6.68. The number of alkyl halides is 3. The third-order valence-electron chi connectivity index (χ3n) is 3.50. The molecule has 1 aliphatic heterocycles. The van der Waals surface area contributed by atoms with Crippen molar-refractivity contribution in [3.8, 4) is 0 Å². The summed E-state index contributed by atoms with van der Waals surface area (Å²) in [6, 6.07) is 7.48. The summed E-state index contributed by atoms with van der Waals surface area (Å²) in [4.78, 5) is 3.45. The highest BCUT2D eigenvalue weighted by Crippen LogP contribution is 2.27. The van der Waals surface area contributed by atoms with E-state index < -0.39 is 18.8 Å². The molecule has 0 amide bonds. The number of nitrogens with zero attached hydrogens (tertiary/aromatic N) is 2. The molecule has 1 aliphatic rings. The van der Waals surface area contributed by atoms with Crippen LogP contribution in [0, 0.1) is 0 Å². The summed E-state index contributed by atoms with van der Waals surface area (Å²) in [6.07, 6.45) is -4.72. The number of hydrogen-bond donors (Lipinski definition) is 1. The third-order valence-corrected chi connectivity index (χ3v) is 3.50. The molecule has 0 aliphatic carbocycles. The van der Waals surface area contributed by atoms with Crippen molar-refractivity contribution in [3.63, 3.8) is 0 Å². The van der Waals surface area contributed by atoms with Crippen molar-refractivity contribution < 1.29 is 18.3 Å². The standard InChI is InChI=1S/C14H19F3N2O/c1-11(20)12-4-2-3-5-13(12)19-8-6-18(7-9-19)10-14(15,16)17/h2-5,11,20H,6-10H2,1H3/t11-/m1/s1. The van der Waals surface area contributed by atoms with Gasteiger partial charge in [0.15, 0.2) is 0 Å². The van der Waals surface area contributed by atoms with Crippen molar-refractivity contribution in [1.29, 1.82) is 0 Å². The minimum Gasteiger partial charge on any atom is -0.389 e. The molecule has 2 rings (SSSR count). The van der Waals surface area contributed by atoms with Gasteiger partial charge in [-0.3, -0.25) is 4.90 Å². The van der Waals surface area contributed by atoms with Crippen LogP contribution in [-0.4, -0.2) is 48.9 Å². The van der Waals surface area contributed by atoms with Crippen molar-refractivity contribution >= 4 is 5.69 Å². The maximum absolute atomic E-state index is 12.3. The average molecular weight is 288 g/mol. The summed E-state index contributed by atoms with van der Waals surface area (Å²) in [7, 11) is 0. The fraction of sp³-hybridized carbons (Fsp3) is 0.571. The van der Waals surface area contributed by atoms with Gasteiger partial charge in [-0.2, -0.15) is 13.2 Å². The van der Waals surface area contributed by atoms with Crippen LogP contribution in [0.25, 0.3) is 0 Å². The fourth-order valence-corrected chi connectivity index (χ4v) is 2.53. The summed E-state index contributed by atoms with van der Waals surface area (Å²) in [5.41, 5.74) is 1.73. The molecule has 0 unspecified atom stereocenters. The maximum Gasteiger partial charge on any atom is 0.401 e. The Morgan fingerprint density at radius 2 is 1.75 bits per heavy atom. The monoisotopic (exact) mass is 288 g/mol. The fourth-order valence-electron chi connectivity index (χ4n) is 2.53. The molecule has 0 saturated carbocycles. The molecular formula is C14H19F3N2O. The number of hydrogen-bond acceptors (Lipinski definition) is 3. The number of rotatable bonds is 3. The van der Waals surface area contributed by atoms with Crippen molar-refractivity contribution in [1.82, 2.24) is 4.90 Å². The second-order valence-corrected chi connectivity index (χ2v) is 5.11. The molecule has 1 atom stereocenters. The molecule has 0 bridgehead atoms. The molecule has 1 fully saturated rings. The number of para-hydroxylation sites is 1. The van der Waals surface area contributed by atoms with Crippen LogP contribution in [0.4, 0.5) is 18.9 Å². The lowest BCUT2D eigenvalue weighted by Crippen LogP contribution is -2.49. The van der Waals surface area contributed by atoms with Crippen molar-refractivity contribution in [3.05, 3.63) is 29.8 Å². The zero-order valence-corrected chi connectivity index (χ0v) is 11.4. The van der Waals surface area contributed by atoms with Crippen molar-refractivity contribution in [2.75, 3.05) is 37.6 Å². The summed E-state index contributed by atoms with van der Waals surface area (Å²) in [5.74, 6) is 0. The van der Waals surface area contributed by atoms with Gasteiger partial charge in [0.1, 0.15) is 0 Å². The predicted octanol–water partition coefficient (Wildman–Crippen LogP) is 2.42. The van der Waals surface area contributed by atoms with Crippen LogP contribution < -0.4 is 4.90 Å². The molecule has 20 heavy (non-hydrogen) atoms. The first kappa shape index (κ1) is 15.1. The van der Waals surface area contributed by atoms with E-state index in [1.54, 1.807) is 6.92 Å². The zero-order valence-electron chi connectivity index (χ0n) is 11.4. The normalized spacial score (nSPS) is 19.1. The van der Waals surface area contributed by atoms with E-state index >= 15 is 0 Å². The Balaban J connectivity index is 2.01. The zero-order chi connectivity index (χ0) is 14.8. The van der Waals surface area contributed by atoms with Gasteiger partial charge in [0.25, 0.3) is 0 Å². The molecular weight excluding hydrogens is 269 g/mol. The molecule has 6 heteroatoms. The number of benzene rings is 1. The Morgan fingerprint density at radius 3 is 2.30 bits per heavy atom. The van der Waals surface area contributed by atoms with E-state index in [1.807, 2.05) is 29.2 Å². The molecule has 1 N–H and O–H groups in total. The molecule has 0 spiro atoms. The molecule has 1 saturated heterocycles. The Hall–Kier alpha value is -1.27. The van der Waals surface area contributed by atoms with Crippen LogP contribution in [0.3, 0.4) is 0 Å². The van der Waals surface area contributed by atoms with Gasteiger partial charge in [-0.05, 0) is 13.0 Å². The maximum atomic E-state index is 12.3. The molecule has 112 valence electrons. The summed E-state index contributed by atoms with van der Waals surface area (Å²) >= 11 is 0. The van der Waals surface area contributed by atoms with Crippen molar-refractivity contribution in [2.45, 2.75) is 19.2 Å². The smallest absolute Gasteiger partial charge is 0.389 e. The van der Waals surface area contributed by atoms with Crippen LogP contribution in [0.5, 0.6) is 0 Å². The highest BCUT2D eigenvalue weighted by Gasteiger charge is 2.32. The Kier molecular flexibility index (Phi) is 4.55. The number of aliphatic hydroxyl groups excluding tert-OH is 1. The Bertz CT molecular complexity index is 440. The van der Waals surface area contributed by atoms with E-state index in [-0.39, 0.29) is 0 Å². The molecule has 3 nitrogen and oxygen atoms in total. The molecule has 1 heterocycles. The van der Waals surface area contributed by atoms with E-state index in [9.17, 15) is 18.3 Å². The number of piperazine rings is 1. The van der Waals surface area contributed by atoms with E-state index in [1.165, 1.54) is 4.90 Å². The molecule has 0 aromatic heterocycles. The van der Waals surface area contributed by atoms with Crippen LogP contribution in [0.1, 0.15) is 18.6 Å². The van der Waals surface area contributed by atoms with Gasteiger partial charge in [-0.25, -0.2) is 0 Å². The number of halogens is 3. The van der Waals surface area contributed by atoms with Gasteiger partial charge >= 0.3 is 6.18 Å². The number of aliphatic hydroxyl groups is 1. The van der Waals surface area contributed by atoms with Gasteiger partial charge in [0.05, 0.1) is 12.6 Å². The second kappa shape index (κ2) is 6.01. The van der Waals surface area contributed by atoms with Gasteiger partial charge < -0.3 is 10.0 Å². The van der Waals surface area contributed by atoms with Crippen molar-refractivity contribution in [2.24, 2.45) is 0 Å². The first-order chi connectivity index (χ1) is 9.37. The molecule has 0 radical (unpaired) electrons. The Morgan fingerprint density at radius 1 is 1.15 bits per heavy atom. The highest BCUT2D eigenvalue weighted by atomic mass is 19.4. The SMILES string of the molecule is C[C@@H](O)c1ccccc1N1CCN(CC(F)(F)F)CC1. The average Bonchev–Trinajstić information content (AvgIpc) is 2.38. The van der Waals surface area contributed by atoms with Crippen LogP contribution >= 0.6 is 0 Å². The highest BCUT2D eigenvalue weighted by molar-refractivity contribution is 5.54. The molecule has 1 aromatic rings. The lowest BCUT2D eigenvalue weighted by molar-refractivity contribution is -0.146. The minimum atomic E-state index is -4.14.